The third-order valence-electron chi connectivity index (χ3n) is 4.43. The molecule has 0 bridgehead atoms. The number of aryl methyl sites for hydroxylation is 2. The average molecular weight is 251 g/mol. The van der Waals surface area contributed by atoms with Crippen molar-refractivity contribution in [2.75, 3.05) is 13.7 Å². The first kappa shape index (κ1) is 13.6. The van der Waals surface area contributed by atoms with Crippen LogP contribution in [-0.2, 0) is 11.8 Å². The van der Waals surface area contributed by atoms with Crippen LogP contribution in [0.1, 0.15) is 49.2 Å². The molecule has 0 amide bonds. The molecule has 2 rings (SSSR count). The van der Waals surface area contributed by atoms with E-state index in [2.05, 4.69) is 31.2 Å². The lowest BCUT2D eigenvalue weighted by Gasteiger charge is -2.41. The molecule has 1 aromatic rings. The van der Waals surface area contributed by atoms with Crippen molar-refractivity contribution in [2.24, 2.45) is 7.05 Å². The Labute approximate surface area is 110 Å². The molecule has 0 aromatic carbocycles. The minimum absolute atomic E-state index is 0.0816. The van der Waals surface area contributed by atoms with E-state index in [1.807, 2.05) is 18.8 Å². The highest BCUT2D eigenvalue weighted by atomic mass is 16.5. The fourth-order valence-corrected chi connectivity index (χ4v) is 2.88. The number of rotatable bonds is 5. The summed E-state index contributed by atoms with van der Waals surface area (Å²) in [6.45, 7) is 7.34. The Morgan fingerprint density at radius 2 is 2.11 bits per heavy atom. The summed E-state index contributed by atoms with van der Waals surface area (Å²) in [5, 5.41) is 8.09. The normalized spacial score (nSPS) is 19.6. The molecule has 1 aromatic heterocycles. The fraction of sp³-hybridized carbons (Fsp3) is 0.786. The maximum absolute atomic E-state index is 5.64. The predicted octanol–water partition coefficient (Wildman–Crippen LogP) is 2.26. The monoisotopic (exact) mass is 251 g/mol. The molecular formula is C14H25N3O. The van der Waals surface area contributed by atoms with E-state index in [4.69, 9.17) is 4.74 Å². The predicted molar refractivity (Wildman–Crippen MR) is 72.7 cm³/mol. The van der Waals surface area contributed by atoms with Crippen molar-refractivity contribution in [3.8, 4) is 0 Å². The van der Waals surface area contributed by atoms with Crippen molar-refractivity contribution in [3.05, 3.63) is 17.0 Å². The zero-order chi connectivity index (χ0) is 13.3. The van der Waals surface area contributed by atoms with E-state index < -0.39 is 0 Å². The van der Waals surface area contributed by atoms with Gasteiger partial charge in [-0.2, -0.15) is 5.10 Å². The Morgan fingerprint density at radius 1 is 1.44 bits per heavy atom. The molecule has 1 aliphatic rings. The van der Waals surface area contributed by atoms with Gasteiger partial charge < -0.3 is 10.1 Å². The Kier molecular flexibility index (Phi) is 3.78. The van der Waals surface area contributed by atoms with Gasteiger partial charge >= 0.3 is 0 Å². The third kappa shape index (κ3) is 2.31. The molecule has 102 valence electrons. The number of methoxy groups -OCH3 is 1. The van der Waals surface area contributed by atoms with E-state index in [9.17, 15) is 0 Å². The van der Waals surface area contributed by atoms with E-state index in [1.54, 1.807) is 0 Å². The van der Waals surface area contributed by atoms with Gasteiger partial charge in [0, 0.05) is 38.0 Å². The number of hydrogen-bond donors (Lipinski definition) is 1. The number of aromatic nitrogens is 2. The Morgan fingerprint density at radius 3 is 2.50 bits per heavy atom. The van der Waals surface area contributed by atoms with Gasteiger partial charge in [0.2, 0.25) is 0 Å². The fourth-order valence-electron chi connectivity index (χ4n) is 2.88. The van der Waals surface area contributed by atoms with Gasteiger partial charge in [-0.3, -0.25) is 4.68 Å². The smallest absolute Gasteiger partial charge is 0.0802 e. The van der Waals surface area contributed by atoms with Gasteiger partial charge in [-0.25, -0.2) is 0 Å². The molecule has 1 fully saturated rings. The molecule has 4 nitrogen and oxygen atoms in total. The molecule has 1 unspecified atom stereocenters. The Bertz CT molecular complexity index is 415. The summed E-state index contributed by atoms with van der Waals surface area (Å²) in [5.41, 5.74) is 3.77. The second-order valence-corrected chi connectivity index (χ2v) is 5.55. The van der Waals surface area contributed by atoms with Crippen molar-refractivity contribution < 1.29 is 4.74 Å². The largest absolute Gasteiger partial charge is 0.377 e. The van der Waals surface area contributed by atoms with E-state index in [1.165, 1.54) is 30.5 Å². The van der Waals surface area contributed by atoms with Crippen LogP contribution in [0, 0.1) is 13.8 Å². The molecule has 1 saturated carbocycles. The van der Waals surface area contributed by atoms with Crippen molar-refractivity contribution >= 4 is 0 Å². The van der Waals surface area contributed by atoms with Crippen molar-refractivity contribution in [2.45, 2.75) is 51.7 Å². The SMILES string of the molecule is COC1(CNC(C)c2c(C)nn(C)c2C)CCC1. The summed E-state index contributed by atoms with van der Waals surface area (Å²) >= 11 is 0. The van der Waals surface area contributed by atoms with E-state index in [0.29, 0.717) is 6.04 Å². The lowest BCUT2D eigenvalue weighted by molar-refractivity contribution is -0.0706. The van der Waals surface area contributed by atoms with Crippen molar-refractivity contribution in [3.63, 3.8) is 0 Å². The molecule has 18 heavy (non-hydrogen) atoms. The third-order valence-corrected chi connectivity index (χ3v) is 4.43. The summed E-state index contributed by atoms with van der Waals surface area (Å²) in [5.74, 6) is 0. The minimum atomic E-state index is 0.0816. The van der Waals surface area contributed by atoms with Crippen LogP contribution in [0.4, 0.5) is 0 Å². The van der Waals surface area contributed by atoms with Gasteiger partial charge in [-0.05, 0) is 40.0 Å². The molecular weight excluding hydrogens is 226 g/mol. The first-order valence-corrected chi connectivity index (χ1v) is 6.78. The summed E-state index contributed by atoms with van der Waals surface area (Å²) in [7, 11) is 3.83. The molecule has 0 spiro atoms. The summed E-state index contributed by atoms with van der Waals surface area (Å²) in [6.07, 6.45) is 3.64. The Balaban J connectivity index is 2.01. The van der Waals surface area contributed by atoms with Crippen molar-refractivity contribution in [1.29, 1.82) is 0 Å². The highest BCUT2D eigenvalue weighted by Crippen LogP contribution is 2.35. The van der Waals surface area contributed by atoms with Gasteiger partial charge in [0.05, 0.1) is 11.3 Å². The van der Waals surface area contributed by atoms with Gasteiger partial charge in [0.1, 0.15) is 0 Å². The number of nitrogens with zero attached hydrogens (tertiary/aromatic N) is 2. The van der Waals surface area contributed by atoms with Crippen LogP contribution >= 0.6 is 0 Å². The van der Waals surface area contributed by atoms with E-state index in [0.717, 1.165) is 12.2 Å². The van der Waals surface area contributed by atoms with Crippen LogP contribution in [-0.4, -0.2) is 29.0 Å². The molecule has 0 aliphatic heterocycles. The van der Waals surface area contributed by atoms with E-state index in [-0.39, 0.29) is 5.60 Å². The Hall–Kier alpha value is -0.870. The van der Waals surface area contributed by atoms with Crippen molar-refractivity contribution in [1.82, 2.24) is 15.1 Å². The molecule has 1 heterocycles. The lowest BCUT2D eigenvalue weighted by atomic mass is 9.79. The number of nitrogens with one attached hydrogen (secondary N) is 1. The van der Waals surface area contributed by atoms with Crippen LogP contribution in [0.3, 0.4) is 0 Å². The van der Waals surface area contributed by atoms with Crippen LogP contribution in [0.15, 0.2) is 0 Å². The number of ether oxygens (including phenoxy) is 1. The molecule has 1 N–H and O–H groups in total. The van der Waals surface area contributed by atoms with Crippen LogP contribution < -0.4 is 5.32 Å². The summed E-state index contributed by atoms with van der Waals surface area (Å²) in [6, 6.07) is 0.325. The van der Waals surface area contributed by atoms with Gasteiger partial charge in [-0.15, -0.1) is 0 Å². The zero-order valence-electron chi connectivity index (χ0n) is 12.2. The van der Waals surface area contributed by atoms with Crippen LogP contribution in [0.25, 0.3) is 0 Å². The quantitative estimate of drug-likeness (QED) is 0.872. The van der Waals surface area contributed by atoms with Gasteiger partial charge in [-0.1, -0.05) is 0 Å². The average Bonchev–Trinajstić information content (AvgIpc) is 2.52. The maximum Gasteiger partial charge on any atom is 0.0802 e. The first-order valence-electron chi connectivity index (χ1n) is 6.78. The maximum atomic E-state index is 5.64. The lowest BCUT2D eigenvalue weighted by Crippen LogP contribution is -2.48. The zero-order valence-corrected chi connectivity index (χ0v) is 12.2. The highest BCUT2D eigenvalue weighted by molar-refractivity contribution is 5.27. The van der Waals surface area contributed by atoms with Crippen LogP contribution in [0.5, 0.6) is 0 Å². The summed E-state index contributed by atoms with van der Waals surface area (Å²) in [4.78, 5) is 0. The number of hydrogen-bond acceptors (Lipinski definition) is 3. The van der Waals surface area contributed by atoms with Gasteiger partial charge in [0.25, 0.3) is 0 Å². The summed E-state index contributed by atoms with van der Waals surface area (Å²) < 4.78 is 7.60. The minimum Gasteiger partial charge on any atom is -0.377 e. The molecule has 0 saturated heterocycles. The molecule has 4 heteroatoms. The van der Waals surface area contributed by atoms with Crippen LogP contribution in [0.2, 0.25) is 0 Å². The van der Waals surface area contributed by atoms with Gasteiger partial charge in [0.15, 0.2) is 0 Å². The first-order chi connectivity index (χ1) is 8.49. The topological polar surface area (TPSA) is 39.1 Å². The second kappa shape index (κ2) is 5.02. The molecule has 0 radical (unpaired) electrons. The van der Waals surface area contributed by atoms with E-state index >= 15 is 0 Å². The molecule has 1 atom stereocenters. The highest BCUT2D eigenvalue weighted by Gasteiger charge is 2.37. The second-order valence-electron chi connectivity index (χ2n) is 5.55. The molecule has 1 aliphatic carbocycles. The standard InChI is InChI=1S/C14H25N3O/c1-10(13-11(2)16-17(4)12(13)3)15-9-14(18-5)7-6-8-14/h10,15H,6-9H2,1-5H3.